The van der Waals surface area contributed by atoms with Crippen molar-refractivity contribution in [3.05, 3.63) is 159 Å². The van der Waals surface area contributed by atoms with Gasteiger partial charge in [0.1, 0.15) is 5.76 Å². The lowest BCUT2D eigenvalue weighted by molar-refractivity contribution is -0.137. The van der Waals surface area contributed by atoms with Gasteiger partial charge in [-0.15, -0.1) is 0 Å². The number of nitrogens with zero attached hydrogens (tertiary/aromatic N) is 2. The molecule has 3 nitrogen and oxygen atoms in total. The van der Waals surface area contributed by atoms with Crippen molar-refractivity contribution in [3.63, 3.8) is 0 Å². The van der Waals surface area contributed by atoms with Crippen LogP contribution in [0.25, 0.3) is 22.5 Å². The first-order valence-corrected chi connectivity index (χ1v) is 26.5. The van der Waals surface area contributed by atoms with Crippen molar-refractivity contribution in [2.24, 2.45) is 0 Å². The minimum absolute atomic E-state index is 0.00956. The first kappa shape index (κ1) is 49.3. The Hall–Kier alpha value is -5.95. The van der Waals surface area contributed by atoms with Crippen molar-refractivity contribution in [1.29, 1.82) is 0 Å². The average molecular weight is 977 g/mol. The van der Waals surface area contributed by atoms with Gasteiger partial charge in [-0.3, -0.25) is 0 Å². The van der Waals surface area contributed by atoms with Gasteiger partial charge in [-0.25, -0.2) is 0 Å². The lowest BCUT2D eigenvalue weighted by Crippen LogP contribution is -2.61. The third kappa shape index (κ3) is 7.42. The van der Waals surface area contributed by atoms with Crippen molar-refractivity contribution in [1.82, 2.24) is 0 Å². The summed E-state index contributed by atoms with van der Waals surface area (Å²) in [6.07, 6.45) is -2.24. The topological polar surface area (TPSA) is 19.6 Å². The zero-order chi connectivity index (χ0) is 52.7. The Morgan fingerprint density at radius 2 is 1.04 bits per heavy atom. The minimum Gasteiger partial charge on any atom is -0.468 e. The largest absolute Gasteiger partial charge is 0.468 e. The number of rotatable bonds is 3. The summed E-state index contributed by atoms with van der Waals surface area (Å²) in [6, 6.07) is 36.7. The van der Waals surface area contributed by atoms with Crippen molar-refractivity contribution >= 4 is 57.4 Å². The van der Waals surface area contributed by atoms with Crippen LogP contribution in [0.2, 0.25) is 0 Å². The summed E-state index contributed by atoms with van der Waals surface area (Å²) in [7, 11) is 0. The maximum absolute atomic E-state index is 14.6. The van der Waals surface area contributed by atoms with E-state index < -0.39 is 17.2 Å². The maximum atomic E-state index is 14.6. The number of alkyl halides is 3. The Morgan fingerprint density at radius 3 is 1.66 bits per heavy atom. The minimum atomic E-state index is -4.51. The van der Waals surface area contributed by atoms with Gasteiger partial charge in [-0.05, 0) is 169 Å². The lowest BCUT2D eigenvalue weighted by Gasteiger charge is -2.45. The molecule has 1 aromatic heterocycles. The van der Waals surface area contributed by atoms with E-state index in [1.54, 1.807) is 6.07 Å². The molecule has 4 aliphatic rings. The van der Waals surface area contributed by atoms with Crippen LogP contribution in [-0.2, 0) is 38.7 Å². The van der Waals surface area contributed by atoms with Gasteiger partial charge in [-0.1, -0.05) is 152 Å². The molecule has 0 fully saturated rings. The highest BCUT2D eigenvalue weighted by Crippen LogP contribution is 2.58. The predicted octanol–water partition coefficient (Wildman–Crippen LogP) is 17.2. The van der Waals surface area contributed by atoms with E-state index in [-0.39, 0.29) is 33.8 Å². The van der Waals surface area contributed by atoms with E-state index >= 15 is 0 Å². The standard InChI is InChI=1S/C66H72BF3N2O/c1-37-32-52-56-53(33-37)72(50-28-21-40(61(6,7)8)34-45(50)44-25-27-48-54(38(44)2)64(14,15)31-30-63(48,12)13)51-29-22-41(62(9,10)11)36-49(51)67(56)59-57(71(52)43-23-18-39(19-24-43)60(3,4)5)55-58(73-59)46-35-42(66(68,69)70)20-26-47(46)65(55,16)17/h18-29,32-36H,30-31H2,1-17H3. The molecule has 0 unspecified atom stereocenters. The Labute approximate surface area is 433 Å². The highest BCUT2D eigenvalue weighted by molar-refractivity contribution is 6.99. The first-order chi connectivity index (χ1) is 33.8. The van der Waals surface area contributed by atoms with Crippen LogP contribution in [0, 0.1) is 13.8 Å². The summed E-state index contributed by atoms with van der Waals surface area (Å²) in [4.78, 5) is 4.90. The molecule has 0 N–H and O–H groups in total. The zero-order valence-electron chi connectivity index (χ0n) is 46.2. The molecule has 0 saturated carbocycles. The van der Waals surface area contributed by atoms with E-state index in [4.69, 9.17) is 4.42 Å². The number of fused-ring (bicyclic) bond motifs is 9. The summed E-state index contributed by atoms with van der Waals surface area (Å²) in [5, 5.41) is 0. The normalized spacial score (nSPS) is 17.2. The summed E-state index contributed by atoms with van der Waals surface area (Å²) in [6.45, 7) is 38.5. The Bertz CT molecular complexity index is 3450. The van der Waals surface area contributed by atoms with Crippen LogP contribution in [-0.4, -0.2) is 6.71 Å². The van der Waals surface area contributed by atoms with E-state index in [9.17, 15) is 13.2 Å². The second-order valence-corrected chi connectivity index (χ2v) is 27.0. The number of hydrogen-bond acceptors (Lipinski definition) is 3. The number of halogens is 3. The molecule has 3 heterocycles. The molecule has 11 rings (SSSR count). The molecule has 0 bridgehead atoms. The predicted molar refractivity (Wildman–Crippen MR) is 302 cm³/mol. The highest BCUT2D eigenvalue weighted by Gasteiger charge is 2.53. The molecule has 2 aliphatic heterocycles. The molecule has 7 aromatic rings. The molecule has 2 aliphatic carbocycles. The van der Waals surface area contributed by atoms with E-state index in [0.717, 1.165) is 80.2 Å². The lowest BCUT2D eigenvalue weighted by atomic mass is 9.35. The molecule has 0 atom stereocenters. The van der Waals surface area contributed by atoms with Crippen LogP contribution in [0.15, 0.2) is 108 Å². The van der Waals surface area contributed by atoms with Crippen molar-refractivity contribution < 1.29 is 17.6 Å². The fraction of sp³-hybridized carbons (Fsp3) is 0.394. The van der Waals surface area contributed by atoms with E-state index in [2.05, 4.69) is 212 Å². The van der Waals surface area contributed by atoms with Gasteiger partial charge in [-0.2, -0.15) is 13.2 Å². The van der Waals surface area contributed by atoms with Crippen molar-refractivity contribution in [3.8, 4) is 22.5 Å². The number of benzene rings is 6. The average Bonchev–Trinajstić information content (AvgIpc) is 3.79. The van der Waals surface area contributed by atoms with Gasteiger partial charge in [0.15, 0.2) is 0 Å². The van der Waals surface area contributed by atoms with Crippen LogP contribution in [0.4, 0.5) is 47.3 Å². The molecular formula is C66H72BF3N2O. The molecule has 0 saturated heterocycles. The number of aryl methyl sites for hydroxylation is 1. The van der Waals surface area contributed by atoms with Gasteiger partial charge in [0.05, 0.1) is 22.6 Å². The second kappa shape index (κ2) is 15.6. The molecule has 73 heavy (non-hydrogen) atoms. The Morgan fingerprint density at radius 1 is 0.507 bits per heavy atom. The number of hydrogen-bond donors (Lipinski definition) is 0. The molecule has 0 spiro atoms. The van der Waals surface area contributed by atoms with Crippen LogP contribution in [0.5, 0.6) is 0 Å². The van der Waals surface area contributed by atoms with Gasteiger partial charge < -0.3 is 14.2 Å². The smallest absolute Gasteiger partial charge is 0.416 e. The Kier molecular flexibility index (Phi) is 10.5. The van der Waals surface area contributed by atoms with Gasteiger partial charge in [0.25, 0.3) is 6.71 Å². The van der Waals surface area contributed by atoms with E-state index in [1.165, 1.54) is 56.6 Å². The van der Waals surface area contributed by atoms with Gasteiger partial charge in [0, 0.05) is 44.9 Å². The molecule has 6 aromatic carbocycles. The molecule has 0 amide bonds. The molecule has 7 heteroatoms. The summed E-state index contributed by atoms with van der Waals surface area (Å²) < 4.78 is 51.4. The molecule has 376 valence electrons. The van der Waals surface area contributed by atoms with Crippen LogP contribution < -0.4 is 26.4 Å². The summed E-state index contributed by atoms with van der Waals surface area (Å²) in [5.74, 6) is 0.517. The third-order valence-corrected chi connectivity index (χ3v) is 17.4. The van der Waals surface area contributed by atoms with Gasteiger partial charge in [0.2, 0.25) is 0 Å². The fourth-order valence-electron chi connectivity index (χ4n) is 13.2. The van der Waals surface area contributed by atoms with Gasteiger partial charge >= 0.3 is 6.18 Å². The zero-order valence-corrected chi connectivity index (χ0v) is 46.2. The second-order valence-electron chi connectivity index (χ2n) is 27.0. The Balaban J connectivity index is 1.25. The first-order valence-electron chi connectivity index (χ1n) is 26.5. The van der Waals surface area contributed by atoms with E-state index in [1.807, 2.05) is 0 Å². The summed E-state index contributed by atoms with van der Waals surface area (Å²) in [5.41, 5.74) is 21.2. The SMILES string of the molecule is Cc1cc2c3c(c1)N(c1ccc(C(C)(C)C)cc1)c1c(oc4c1C(C)(C)c1ccc(C(F)(F)F)cc1-4)B3c1cc(C(C)(C)C)ccc1N2c1ccc(C(C)(C)C)cc1-c1ccc2c(c1C)C(C)(C)CCC2(C)C. The quantitative estimate of drug-likeness (QED) is 0.165. The van der Waals surface area contributed by atoms with Crippen molar-refractivity contribution in [2.75, 3.05) is 9.80 Å². The fourth-order valence-corrected chi connectivity index (χ4v) is 13.2. The van der Waals surface area contributed by atoms with Crippen LogP contribution >= 0.6 is 0 Å². The molecule has 0 radical (unpaired) electrons. The summed E-state index contributed by atoms with van der Waals surface area (Å²) >= 11 is 0. The molecular weight excluding hydrogens is 905 g/mol. The van der Waals surface area contributed by atoms with Crippen LogP contribution in [0.1, 0.15) is 172 Å². The third-order valence-electron chi connectivity index (χ3n) is 17.4. The van der Waals surface area contributed by atoms with Crippen molar-refractivity contribution in [2.45, 2.75) is 169 Å². The highest BCUT2D eigenvalue weighted by atomic mass is 19.4. The van der Waals surface area contributed by atoms with Crippen LogP contribution in [0.3, 0.4) is 0 Å². The maximum Gasteiger partial charge on any atom is 0.416 e. The van der Waals surface area contributed by atoms with E-state index in [0.29, 0.717) is 11.3 Å². The monoisotopic (exact) mass is 977 g/mol. The number of furan rings is 1. The number of anilines is 6.